The van der Waals surface area contributed by atoms with Gasteiger partial charge in [-0.25, -0.2) is 9.40 Å². The van der Waals surface area contributed by atoms with Crippen LogP contribution in [0.15, 0.2) is 107 Å². The van der Waals surface area contributed by atoms with Crippen molar-refractivity contribution in [3.63, 3.8) is 0 Å². The van der Waals surface area contributed by atoms with Gasteiger partial charge in [-0.05, 0) is 65.5 Å². The van der Waals surface area contributed by atoms with Crippen molar-refractivity contribution in [3.05, 3.63) is 124 Å². The average molecular weight is 627 g/mol. The lowest BCUT2D eigenvalue weighted by atomic mass is 10.0. The van der Waals surface area contributed by atoms with Gasteiger partial charge in [-0.1, -0.05) is 48.2 Å². The molecule has 2 aromatic heterocycles. The minimum absolute atomic E-state index is 0.0437. The smallest absolute Gasteiger partial charge is 0.253 e. The van der Waals surface area contributed by atoms with Gasteiger partial charge in [-0.2, -0.15) is 5.10 Å². The van der Waals surface area contributed by atoms with Crippen LogP contribution in [0.5, 0.6) is 5.75 Å². The molecule has 1 unspecified atom stereocenters. The number of carbonyl (C=O) groups is 2. The number of hydrogen-bond donors (Lipinski definition) is 1. The first-order valence-corrected chi connectivity index (χ1v) is 15.6. The van der Waals surface area contributed by atoms with Crippen molar-refractivity contribution >= 4 is 40.6 Å². The first-order valence-electron chi connectivity index (χ1n) is 13.7. The zero-order valence-electron chi connectivity index (χ0n) is 23.6. The summed E-state index contributed by atoms with van der Waals surface area (Å²) in [6.07, 6.45) is 0.529. The van der Waals surface area contributed by atoms with Gasteiger partial charge in [0.1, 0.15) is 11.6 Å². The number of nitrogens with zero attached hydrogens (tertiary/aromatic N) is 5. The fraction of sp³-hybridized carbons (Fsp3) is 0.156. The van der Waals surface area contributed by atoms with Crippen molar-refractivity contribution in [2.75, 3.05) is 12.9 Å². The molecule has 5 aromatic rings. The number of hydrogen-bond acceptors (Lipinski definition) is 8. The number of ether oxygens (including phenoxy) is 1. The Morgan fingerprint density at radius 3 is 2.48 bits per heavy atom. The Bertz CT molecular complexity index is 1780. The van der Waals surface area contributed by atoms with E-state index in [1.54, 1.807) is 54.8 Å². The van der Waals surface area contributed by atoms with Gasteiger partial charge >= 0.3 is 0 Å². The maximum Gasteiger partial charge on any atom is 0.253 e. The van der Waals surface area contributed by atoms with E-state index in [1.165, 1.54) is 28.9 Å². The van der Waals surface area contributed by atoms with Crippen LogP contribution < -0.4 is 10.1 Å². The quantitative estimate of drug-likeness (QED) is 0.195. The second kappa shape index (κ2) is 13.2. The summed E-state index contributed by atoms with van der Waals surface area (Å²) in [6, 6.07) is 26.1. The molecule has 0 saturated carbocycles. The van der Waals surface area contributed by atoms with E-state index in [2.05, 4.69) is 15.5 Å². The minimum Gasteiger partial charge on any atom is -0.497 e. The molecule has 3 aromatic carbocycles. The third kappa shape index (κ3) is 6.41. The monoisotopic (exact) mass is 626 g/mol. The molecule has 44 heavy (non-hydrogen) atoms. The van der Waals surface area contributed by atoms with E-state index < -0.39 is 0 Å². The SMILES string of the molecule is COc1ccc(C(=O)NCc2nnc(SCC(=O)N3N=C(c4cccs4)CC3c3ccc(F)cc3)n2-c2ccccc2)cc1. The lowest BCUT2D eigenvalue weighted by molar-refractivity contribution is -0.130. The third-order valence-electron chi connectivity index (χ3n) is 7.03. The first-order chi connectivity index (χ1) is 21.5. The van der Waals surface area contributed by atoms with Crippen molar-refractivity contribution in [2.45, 2.75) is 24.2 Å². The number of aromatic nitrogens is 3. The molecule has 9 nitrogen and oxygen atoms in total. The van der Waals surface area contributed by atoms with Crippen molar-refractivity contribution < 1.29 is 18.7 Å². The van der Waals surface area contributed by atoms with Crippen LogP contribution in [0.3, 0.4) is 0 Å². The summed E-state index contributed by atoms with van der Waals surface area (Å²) in [6.45, 7) is 0.120. The van der Waals surface area contributed by atoms with Crippen LogP contribution in [0.2, 0.25) is 0 Å². The summed E-state index contributed by atoms with van der Waals surface area (Å²) in [7, 11) is 1.57. The normalized spacial score (nSPS) is 14.4. The molecule has 222 valence electrons. The molecular formula is C32H27FN6O3S2. The van der Waals surface area contributed by atoms with E-state index >= 15 is 0 Å². The highest BCUT2D eigenvalue weighted by Crippen LogP contribution is 2.35. The molecule has 3 heterocycles. The van der Waals surface area contributed by atoms with Gasteiger partial charge in [-0.15, -0.1) is 21.5 Å². The molecule has 0 aliphatic carbocycles. The highest BCUT2D eigenvalue weighted by Gasteiger charge is 2.33. The number of thiophene rings is 1. The van der Waals surface area contributed by atoms with E-state index in [1.807, 2.05) is 52.4 Å². The Labute approximate surface area is 261 Å². The largest absolute Gasteiger partial charge is 0.497 e. The maximum absolute atomic E-state index is 13.7. The molecule has 1 aliphatic rings. The van der Waals surface area contributed by atoms with Gasteiger partial charge in [-0.3, -0.25) is 14.2 Å². The first kappa shape index (κ1) is 29.3. The lowest BCUT2D eigenvalue weighted by Gasteiger charge is -2.22. The number of methoxy groups -OCH3 is 1. The molecule has 0 bridgehead atoms. The van der Waals surface area contributed by atoms with E-state index in [0.717, 1.165) is 21.8 Å². The Balaban J connectivity index is 1.21. The number of amides is 2. The molecule has 1 aliphatic heterocycles. The van der Waals surface area contributed by atoms with Gasteiger partial charge in [0.25, 0.3) is 11.8 Å². The topological polar surface area (TPSA) is 102 Å². The Morgan fingerprint density at radius 1 is 1.00 bits per heavy atom. The molecule has 0 spiro atoms. The zero-order valence-corrected chi connectivity index (χ0v) is 25.2. The number of carbonyl (C=O) groups excluding carboxylic acids is 2. The number of halogens is 1. The molecular weight excluding hydrogens is 600 g/mol. The Hall–Kier alpha value is -4.81. The molecule has 0 fully saturated rings. The van der Waals surface area contributed by atoms with Crippen molar-refractivity contribution in [1.29, 1.82) is 0 Å². The lowest BCUT2D eigenvalue weighted by Crippen LogP contribution is -2.28. The van der Waals surface area contributed by atoms with Crippen LogP contribution in [-0.2, 0) is 11.3 Å². The standard InChI is InChI=1S/C32H27FN6O3S2/c1-42-25-15-11-22(12-16-25)31(41)34-19-29-35-36-32(38(29)24-6-3-2-4-7-24)44-20-30(40)39-27(21-9-13-23(33)14-10-21)18-26(37-39)28-8-5-17-43-28/h2-17,27H,18-20H2,1H3,(H,34,41). The van der Waals surface area contributed by atoms with Crippen LogP contribution in [0.1, 0.15) is 39.1 Å². The number of hydrazone groups is 1. The van der Waals surface area contributed by atoms with Crippen molar-refractivity contribution in [1.82, 2.24) is 25.1 Å². The molecule has 2 amide bonds. The number of para-hydroxylation sites is 1. The summed E-state index contributed by atoms with van der Waals surface area (Å²) in [5.41, 5.74) is 2.91. The maximum atomic E-state index is 13.7. The number of benzene rings is 3. The Morgan fingerprint density at radius 2 is 1.77 bits per heavy atom. The fourth-order valence-corrected chi connectivity index (χ4v) is 6.36. The second-order valence-corrected chi connectivity index (χ2v) is 11.7. The van der Waals surface area contributed by atoms with E-state index in [0.29, 0.717) is 28.7 Å². The van der Waals surface area contributed by atoms with E-state index in [-0.39, 0.29) is 36.0 Å². The minimum atomic E-state index is -0.350. The molecule has 12 heteroatoms. The molecule has 0 saturated heterocycles. The molecule has 1 N–H and O–H groups in total. The van der Waals surface area contributed by atoms with Crippen LogP contribution >= 0.6 is 23.1 Å². The second-order valence-electron chi connectivity index (χ2n) is 9.80. The Kier molecular flexibility index (Phi) is 8.80. The van der Waals surface area contributed by atoms with Gasteiger partial charge in [0.15, 0.2) is 11.0 Å². The third-order valence-corrected chi connectivity index (χ3v) is 8.86. The van der Waals surface area contributed by atoms with Gasteiger partial charge < -0.3 is 10.1 Å². The average Bonchev–Trinajstić information content (AvgIpc) is 3.84. The summed E-state index contributed by atoms with van der Waals surface area (Å²) in [4.78, 5) is 27.5. The highest BCUT2D eigenvalue weighted by molar-refractivity contribution is 7.99. The number of thioether (sulfide) groups is 1. The number of nitrogens with one attached hydrogen (secondary N) is 1. The van der Waals surface area contributed by atoms with Crippen molar-refractivity contribution in [3.8, 4) is 11.4 Å². The molecule has 0 radical (unpaired) electrons. The zero-order chi connectivity index (χ0) is 30.5. The van der Waals surface area contributed by atoms with Crippen LogP contribution in [0.4, 0.5) is 4.39 Å². The molecule has 1 atom stereocenters. The summed E-state index contributed by atoms with van der Waals surface area (Å²) < 4.78 is 20.7. The van der Waals surface area contributed by atoms with E-state index in [4.69, 9.17) is 9.84 Å². The summed E-state index contributed by atoms with van der Waals surface area (Å²) in [5.74, 6) is 0.398. The number of rotatable bonds is 10. The summed E-state index contributed by atoms with van der Waals surface area (Å²) >= 11 is 2.80. The highest BCUT2D eigenvalue weighted by atomic mass is 32.2. The van der Waals surface area contributed by atoms with Gasteiger partial charge in [0.2, 0.25) is 0 Å². The van der Waals surface area contributed by atoms with Gasteiger partial charge in [0, 0.05) is 17.7 Å². The summed E-state index contributed by atoms with van der Waals surface area (Å²) in [5, 5.41) is 20.3. The van der Waals surface area contributed by atoms with Crippen LogP contribution in [0, 0.1) is 5.82 Å². The fourth-order valence-electron chi connectivity index (χ4n) is 4.82. The predicted octanol–water partition coefficient (Wildman–Crippen LogP) is 5.88. The van der Waals surface area contributed by atoms with Crippen LogP contribution in [0.25, 0.3) is 5.69 Å². The van der Waals surface area contributed by atoms with E-state index in [9.17, 15) is 14.0 Å². The van der Waals surface area contributed by atoms with Crippen LogP contribution in [-0.4, -0.2) is 50.2 Å². The predicted molar refractivity (Wildman–Crippen MR) is 168 cm³/mol. The molecule has 6 rings (SSSR count). The van der Waals surface area contributed by atoms with Crippen molar-refractivity contribution in [2.24, 2.45) is 5.10 Å². The van der Waals surface area contributed by atoms with Gasteiger partial charge in [0.05, 0.1) is 36.0 Å².